The molecule has 1 fully saturated rings. The van der Waals surface area contributed by atoms with Crippen LogP contribution in [0.2, 0.25) is 0 Å². The Labute approximate surface area is 187 Å². The second-order valence-corrected chi connectivity index (χ2v) is 8.79. The summed E-state index contributed by atoms with van der Waals surface area (Å²) in [5.41, 5.74) is 6.43. The van der Waals surface area contributed by atoms with Crippen molar-refractivity contribution in [2.45, 2.75) is 26.2 Å². The topological polar surface area (TPSA) is 75.5 Å². The van der Waals surface area contributed by atoms with E-state index in [0.717, 1.165) is 32.4 Å². The van der Waals surface area contributed by atoms with Gasteiger partial charge in [0.2, 0.25) is 0 Å². The highest BCUT2D eigenvalue weighted by Crippen LogP contribution is 2.38. The highest BCUT2D eigenvalue weighted by atomic mass is 16.6. The van der Waals surface area contributed by atoms with Crippen LogP contribution in [0, 0.1) is 16.0 Å². The van der Waals surface area contributed by atoms with Crippen LogP contribution in [0.15, 0.2) is 60.7 Å². The number of rotatable bonds is 4. The molecule has 5 rings (SSSR count). The summed E-state index contributed by atoms with van der Waals surface area (Å²) < 4.78 is 0. The van der Waals surface area contributed by atoms with E-state index in [1.165, 1.54) is 28.3 Å². The smallest absolute Gasteiger partial charge is 0.293 e. The molecule has 2 aliphatic rings. The number of nitro benzene ring substituents is 1. The van der Waals surface area contributed by atoms with Crippen LogP contribution in [0.3, 0.4) is 0 Å². The molecule has 0 saturated carbocycles. The maximum Gasteiger partial charge on any atom is 0.293 e. The standard InChI is InChI=1S/C26H25N3O3/c1-17-10-12-28(13-11-17)24-9-6-19(16-25(24)29(31)32)26(30)27-21-7-8-23-20(15-21)14-18-4-2-3-5-22(18)23/h2-9,15-17H,10-14H2,1H3,(H,27,30). The van der Waals surface area contributed by atoms with Crippen LogP contribution in [-0.4, -0.2) is 23.9 Å². The molecule has 0 radical (unpaired) electrons. The van der Waals surface area contributed by atoms with Crippen LogP contribution in [-0.2, 0) is 6.42 Å². The Kier molecular flexibility index (Phi) is 5.13. The van der Waals surface area contributed by atoms with Crippen molar-refractivity contribution in [3.63, 3.8) is 0 Å². The fourth-order valence-corrected chi connectivity index (χ4v) is 4.75. The number of benzene rings is 3. The van der Waals surface area contributed by atoms with Gasteiger partial charge < -0.3 is 10.2 Å². The average molecular weight is 428 g/mol. The summed E-state index contributed by atoms with van der Waals surface area (Å²) in [5.74, 6) is 0.290. The van der Waals surface area contributed by atoms with E-state index in [1.807, 2.05) is 30.3 Å². The lowest BCUT2D eigenvalue weighted by Gasteiger charge is -2.31. The second kappa shape index (κ2) is 8.11. The molecule has 1 N–H and O–H groups in total. The van der Waals surface area contributed by atoms with Crippen molar-refractivity contribution in [2.75, 3.05) is 23.3 Å². The molecule has 32 heavy (non-hydrogen) atoms. The van der Waals surface area contributed by atoms with Crippen LogP contribution in [0.25, 0.3) is 11.1 Å². The zero-order valence-electron chi connectivity index (χ0n) is 18.0. The first-order valence-electron chi connectivity index (χ1n) is 11.1. The normalized spacial score (nSPS) is 15.2. The van der Waals surface area contributed by atoms with E-state index in [4.69, 9.17) is 0 Å². The fourth-order valence-electron chi connectivity index (χ4n) is 4.75. The largest absolute Gasteiger partial charge is 0.366 e. The van der Waals surface area contributed by atoms with E-state index in [2.05, 4.69) is 29.3 Å². The third-order valence-corrected chi connectivity index (χ3v) is 6.61. The first-order chi connectivity index (χ1) is 15.5. The number of piperidine rings is 1. The van der Waals surface area contributed by atoms with E-state index in [-0.39, 0.29) is 17.2 Å². The summed E-state index contributed by atoms with van der Waals surface area (Å²) in [7, 11) is 0. The maximum absolute atomic E-state index is 12.9. The lowest BCUT2D eigenvalue weighted by molar-refractivity contribution is -0.384. The van der Waals surface area contributed by atoms with Gasteiger partial charge in [0, 0.05) is 30.4 Å². The molecule has 0 spiro atoms. The van der Waals surface area contributed by atoms with Crippen molar-refractivity contribution in [3.8, 4) is 11.1 Å². The number of nitrogens with one attached hydrogen (secondary N) is 1. The Morgan fingerprint density at radius 3 is 2.53 bits per heavy atom. The first kappa shape index (κ1) is 20.2. The van der Waals surface area contributed by atoms with Crippen molar-refractivity contribution in [2.24, 2.45) is 5.92 Å². The number of nitrogens with zero attached hydrogens (tertiary/aromatic N) is 2. The van der Waals surface area contributed by atoms with Crippen LogP contribution < -0.4 is 10.2 Å². The van der Waals surface area contributed by atoms with E-state index in [0.29, 0.717) is 17.3 Å². The van der Waals surface area contributed by atoms with Crippen molar-refractivity contribution in [1.29, 1.82) is 0 Å². The fraction of sp³-hybridized carbons (Fsp3) is 0.269. The van der Waals surface area contributed by atoms with E-state index in [1.54, 1.807) is 12.1 Å². The minimum atomic E-state index is -0.392. The zero-order valence-corrected chi connectivity index (χ0v) is 18.0. The van der Waals surface area contributed by atoms with Gasteiger partial charge in [0.1, 0.15) is 5.69 Å². The molecule has 6 nitrogen and oxygen atoms in total. The Morgan fingerprint density at radius 1 is 1.00 bits per heavy atom. The number of amides is 1. The molecule has 162 valence electrons. The van der Waals surface area contributed by atoms with Gasteiger partial charge in [-0.3, -0.25) is 14.9 Å². The van der Waals surface area contributed by atoms with Gasteiger partial charge in [0.05, 0.1) is 4.92 Å². The molecule has 1 saturated heterocycles. The Morgan fingerprint density at radius 2 is 1.75 bits per heavy atom. The summed E-state index contributed by atoms with van der Waals surface area (Å²) >= 11 is 0. The molecule has 1 amide bonds. The number of fused-ring (bicyclic) bond motifs is 3. The third-order valence-electron chi connectivity index (χ3n) is 6.61. The maximum atomic E-state index is 12.9. The van der Waals surface area contributed by atoms with Gasteiger partial charge in [-0.15, -0.1) is 0 Å². The van der Waals surface area contributed by atoms with Crippen molar-refractivity contribution >= 4 is 23.0 Å². The van der Waals surface area contributed by atoms with Crippen molar-refractivity contribution in [3.05, 3.63) is 87.5 Å². The molecule has 0 atom stereocenters. The average Bonchev–Trinajstić information content (AvgIpc) is 3.17. The molecular formula is C26H25N3O3. The SMILES string of the molecule is CC1CCN(c2ccc(C(=O)Nc3ccc4c(c3)Cc3ccccc3-4)cc2[N+](=O)[O-])CC1. The molecule has 1 aliphatic heterocycles. The van der Waals surface area contributed by atoms with Gasteiger partial charge in [-0.25, -0.2) is 0 Å². The molecule has 3 aromatic carbocycles. The van der Waals surface area contributed by atoms with Gasteiger partial charge in [0.15, 0.2) is 0 Å². The molecule has 0 bridgehead atoms. The predicted molar refractivity (Wildman–Crippen MR) is 126 cm³/mol. The van der Waals surface area contributed by atoms with Crippen molar-refractivity contribution in [1.82, 2.24) is 0 Å². The van der Waals surface area contributed by atoms with Crippen LogP contribution in [0.4, 0.5) is 17.1 Å². The number of anilines is 2. The van der Waals surface area contributed by atoms with Gasteiger partial charge in [-0.05, 0) is 71.7 Å². The molecular weight excluding hydrogens is 402 g/mol. The lowest BCUT2D eigenvalue weighted by Crippen LogP contribution is -2.33. The van der Waals surface area contributed by atoms with Crippen LogP contribution in [0.1, 0.15) is 41.3 Å². The Bertz CT molecular complexity index is 1210. The summed E-state index contributed by atoms with van der Waals surface area (Å²) in [6.07, 6.45) is 2.87. The Balaban J connectivity index is 1.36. The summed E-state index contributed by atoms with van der Waals surface area (Å²) in [6.45, 7) is 3.80. The van der Waals surface area contributed by atoms with E-state index in [9.17, 15) is 14.9 Å². The van der Waals surface area contributed by atoms with Crippen LogP contribution in [0.5, 0.6) is 0 Å². The first-order valence-corrected chi connectivity index (χ1v) is 11.1. The highest BCUT2D eigenvalue weighted by molar-refractivity contribution is 6.05. The monoisotopic (exact) mass is 427 g/mol. The molecule has 3 aromatic rings. The van der Waals surface area contributed by atoms with E-state index >= 15 is 0 Å². The minimum Gasteiger partial charge on any atom is -0.366 e. The molecule has 0 unspecified atom stereocenters. The van der Waals surface area contributed by atoms with Gasteiger partial charge in [0.25, 0.3) is 11.6 Å². The van der Waals surface area contributed by atoms with Crippen molar-refractivity contribution < 1.29 is 9.72 Å². The molecule has 1 heterocycles. The van der Waals surface area contributed by atoms with Crippen LogP contribution >= 0.6 is 0 Å². The Hall–Kier alpha value is -3.67. The van der Waals surface area contributed by atoms with Gasteiger partial charge in [-0.2, -0.15) is 0 Å². The number of hydrogen-bond donors (Lipinski definition) is 1. The minimum absolute atomic E-state index is 0.0170. The van der Waals surface area contributed by atoms with Gasteiger partial charge in [-0.1, -0.05) is 37.3 Å². The quantitative estimate of drug-likeness (QED) is 0.337. The number of hydrogen-bond acceptors (Lipinski definition) is 4. The summed E-state index contributed by atoms with van der Waals surface area (Å²) in [4.78, 5) is 26.3. The van der Waals surface area contributed by atoms with Gasteiger partial charge >= 0.3 is 0 Å². The predicted octanol–water partition coefficient (Wildman–Crippen LogP) is 5.65. The number of carbonyl (C=O) groups is 1. The molecule has 0 aromatic heterocycles. The second-order valence-electron chi connectivity index (χ2n) is 8.79. The lowest BCUT2D eigenvalue weighted by atomic mass is 9.98. The summed E-state index contributed by atoms with van der Waals surface area (Å²) in [5, 5.41) is 14.7. The number of nitro groups is 1. The third kappa shape index (κ3) is 3.73. The summed E-state index contributed by atoms with van der Waals surface area (Å²) in [6, 6.07) is 19.0. The zero-order chi connectivity index (χ0) is 22.2. The highest BCUT2D eigenvalue weighted by Gasteiger charge is 2.25. The molecule has 1 aliphatic carbocycles. The number of carbonyl (C=O) groups excluding carboxylic acids is 1. The molecule has 6 heteroatoms. The van der Waals surface area contributed by atoms with E-state index < -0.39 is 4.92 Å².